The second-order valence-corrected chi connectivity index (χ2v) is 7.94. The topological polar surface area (TPSA) is 69.0 Å². The maximum absolute atomic E-state index is 12.4. The van der Waals surface area contributed by atoms with E-state index in [0.717, 1.165) is 53.6 Å². The average molecular weight is 405 g/mol. The van der Waals surface area contributed by atoms with Crippen LogP contribution in [0.5, 0.6) is 11.5 Å². The van der Waals surface area contributed by atoms with E-state index >= 15 is 0 Å². The third-order valence-electron chi connectivity index (χ3n) is 4.59. The number of ether oxygens (including phenoxy) is 2. The number of thioether (sulfide) groups is 1. The number of aromatic nitrogens is 3. The van der Waals surface area contributed by atoms with Gasteiger partial charge in [-0.25, -0.2) is 0 Å². The summed E-state index contributed by atoms with van der Waals surface area (Å²) >= 11 is 2.93. The molecule has 1 aromatic carbocycles. The number of methoxy groups -OCH3 is 2. The predicted molar refractivity (Wildman–Crippen MR) is 106 cm³/mol. The summed E-state index contributed by atoms with van der Waals surface area (Å²) in [6.07, 6.45) is 2.19. The van der Waals surface area contributed by atoms with Gasteiger partial charge in [0.05, 0.1) is 25.7 Å². The Labute approximate surface area is 165 Å². The number of thiazole rings is 1. The number of hydrogen-bond acceptors (Lipinski definition) is 7. The first-order valence-corrected chi connectivity index (χ1v) is 10.5. The molecule has 9 heteroatoms. The van der Waals surface area contributed by atoms with E-state index < -0.39 is 0 Å². The van der Waals surface area contributed by atoms with Crippen LogP contribution in [0.25, 0.3) is 16.2 Å². The fraction of sp³-hybridized carbons (Fsp3) is 0.389. The van der Waals surface area contributed by atoms with Crippen molar-refractivity contribution in [2.24, 2.45) is 0 Å². The molecule has 142 valence electrons. The molecule has 0 N–H and O–H groups in total. The molecule has 27 heavy (non-hydrogen) atoms. The van der Waals surface area contributed by atoms with Crippen LogP contribution in [-0.2, 0) is 4.79 Å². The summed E-state index contributed by atoms with van der Waals surface area (Å²) in [6.45, 7) is 1.72. The van der Waals surface area contributed by atoms with Gasteiger partial charge in [0.15, 0.2) is 5.16 Å². The average Bonchev–Trinajstić information content (AvgIpc) is 3.43. The Hall–Kier alpha value is -2.26. The Balaban J connectivity index is 1.65. The van der Waals surface area contributed by atoms with E-state index in [0.29, 0.717) is 10.9 Å². The van der Waals surface area contributed by atoms with Gasteiger partial charge in [0, 0.05) is 24.0 Å². The van der Waals surface area contributed by atoms with Crippen LogP contribution in [0.1, 0.15) is 12.8 Å². The molecule has 2 aromatic heterocycles. The molecule has 1 fully saturated rings. The van der Waals surface area contributed by atoms with Gasteiger partial charge in [-0.2, -0.15) is 0 Å². The minimum atomic E-state index is 0.157. The van der Waals surface area contributed by atoms with Crippen LogP contribution in [0.15, 0.2) is 28.7 Å². The highest BCUT2D eigenvalue weighted by Crippen LogP contribution is 2.37. The Morgan fingerprint density at radius 3 is 2.78 bits per heavy atom. The van der Waals surface area contributed by atoms with Crippen molar-refractivity contribution in [3.05, 3.63) is 23.6 Å². The van der Waals surface area contributed by atoms with E-state index in [1.165, 1.54) is 23.1 Å². The number of amides is 1. The van der Waals surface area contributed by atoms with Crippen molar-refractivity contribution in [2.45, 2.75) is 18.0 Å². The van der Waals surface area contributed by atoms with Crippen LogP contribution < -0.4 is 9.47 Å². The fourth-order valence-electron chi connectivity index (χ4n) is 3.18. The summed E-state index contributed by atoms with van der Waals surface area (Å²) in [6, 6.07) is 5.68. The van der Waals surface area contributed by atoms with Gasteiger partial charge in [-0.3, -0.25) is 9.20 Å². The zero-order valence-electron chi connectivity index (χ0n) is 15.2. The molecule has 4 rings (SSSR count). The lowest BCUT2D eigenvalue weighted by Crippen LogP contribution is -2.29. The first-order chi connectivity index (χ1) is 13.2. The van der Waals surface area contributed by atoms with Gasteiger partial charge in [-0.05, 0) is 31.0 Å². The van der Waals surface area contributed by atoms with Crippen LogP contribution >= 0.6 is 23.1 Å². The molecule has 0 radical (unpaired) electrons. The van der Waals surface area contributed by atoms with Crippen LogP contribution in [0.3, 0.4) is 0 Å². The van der Waals surface area contributed by atoms with Crippen molar-refractivity contribution < 1.29 is 14.3 Å². The molecule has 0 aliphatic carbocycles. The van der Waals surface area contributed by atoms with Crippen molar-refractivity contribution in [1.82, 2.24) is 19.5 Å². The molecule has 1 aliphatic heterocycles. The van der Waals surface area contributed by atoms with Gasteiger partial charge in [0.25, 0.3) is 0 Å². The lowest BCUT2D eigenvalue weighted by atomic mass is 10.1. The summed E-state index contributed by atoms with van der Waals surface area (Å²) < 4.78 is 12.9. The largest absolute Gasteiger partial charge is 0.497 e. The van der Waals surface area contributed by atoms with E-state index in [4.69, 9.17) is 9.47 Å². The zero-order valence-corrected chi connectivity index (χ0v) is 16.8. The number of carbonyl (C=O) groups is 1. The third-order valence-corrected chi connectivity index (χ3v) is 6.32. The molecule has 0 bridgehead atoms. The number of likely N-dealkylation sites (tertiary alicyclic amines) is 1. The van der Waals surface area contributed by atoms with E-state index in [1.807, 2.05) is 32.9 Å². The maximum atomic E-state index is 12.4. The van der Waals surface area contributed by atoms with Gasteiger partial charge in [-0.1, -0.05) is 11.8 Å². The number of fused-ring (bicyclic) bond motifs is 1. The maximum Gasteiger partial charge on any atom is 0.233 e. The lowest BCUT2D eigenvalue weighted by molar-refractivity contribution is -0.127. The minimum Gasteiger partial charge on any atom is -0.497 e. The van der Waals surface area contributed by atoms with E-state index in [-0.39, 0.29) is 5.91 Å². The van der Waals surface area contributed by atoms with E-state index in [2.05, 4.69) is 10.2 Å². The molecule has 1 saturated heterocycles. The molecule has 3 heterocycles. The summed E-state index contributed by atoms with van der Waals surface area (Å²) in [5, 5.41) is 11.3. The molecule has 0 unspecified atom stereocenters. The summed E-state index contributed by atoms with van der Waals surface area (Å²) in [5.41, 5.74) is 1.82. The molecular formula is C18H20N4O3S2. The van der Waals surface area contributed by atoms with Crippen LogP contribution in [0.2, 0.25) is 0 Å². The molecule has 0 spiro atoms. The summed E-state index contributed by atoms with van der Waals surface area (Å²) in [7, 11) is 3.28. The Bertz CT molecular complexity index is 963. The molecule has 1 aliphatic rings. The normalized spacial score (nSPS) is 14.1. The van der Waals surface area contributed by atoms with Crippen LogP contribution in [-0.4, -0.2) is 58.5 Å². The number of hydrogen-bond donors (Lipinski definition) is 0. The van der Waals surface area contributed by atoms with Gasteiger partial charge >= 0.3 is 0 Å². The summed E-state index contributed by atoms with van der Waals surface area (Å²) in [4.78, 5) is 15.1. The zero-order chi connectivity index (χ0) is 18.8. The highest BCUT2D eigenvalue weighted by molar-refractivity contribution is 7.99. The van der Waals surface area contributed by atoms with Crippen molar-refractivity contribution in [2.75, 3.05) is 33.1 Å². The minimum absolute atomic E-state index is 0.157. The molecule has 3 aromatic rings. The van der Waals surface area contributed by atoms with Crippen LogP contribution in [0.4, 0.5) is 0 Å². The van der Waals surface area contributed by atoms with Crippen molar-refractivity contribution >= 4 is 34.0 Å². The Morgan fingerprint density at radius 2 is 2.04 bits per heavy atom. The number of benzene rings is 1. The van der Waals surface area contributed by atoms with E-state index in [9.17, 15) is 4.79 Å². The number of carbonyl (C=O) groups excluding carboxylic acids is 1. The van der Waals surface area contributed by atoms with Crippen molar-refractivity contribution in [1.29, 1.82) is 0 Å². The SMILES string of the molecule is COc1ccc(OC)c(-c2csc3nnc(SCC(=O)N4CCCC4)n23)c1. The highest BCUT2D eigenvalue weighted by Gasteiger charge is 2.21. The van der Waals surface area contributed by atoms with E-state index in [1.54, 1.807) is 14.2 Å². The third kappa shape index (κ3) is 3.49. The number of rotatable bonds is 6. The standard InChI is InChI=1S/C18H20N4O3S2/c1-24-12-5-6-15(25-2)13(9-12)14-10-26-17-19-20-18(22(14)17)27-11-16(23)21-7-3-4-8-21/h5-6,9-10H,3-4,7-8,11H2,1-2H3. The predicted octanol–water partition coefficient (Wildman–Crippen LogP) is 3.19. The van der Waals surface area contributed by atoms with Gasteiger partial charge in [0.1, 0.15) is 11.5 Å². The van der Waals surface area contributed by atoms with Gasteiger partial charge in [-0.15, -0.1) is 21.5 Å². The van der Waals surface area contributed by atoms with Crippen LogP contribution in [0, 0.1) is 0 Å². The Morgan fingerprint density at radius 1 is 1.22 bits per heavy atom. The lowest BCUT2D eigenvalue weighted by Gasteiger charge is -2.14. The highest BCUT2D eigenvalue weighted by atomic mass is 32.2. The molecular weight excluding hydrogens is 384 g/mol. The second kappa shape index (κ2) is 7.77. The fourth-order valence-corrected chi connectivity index (χ4v) is 4.91. The first-order valence-electron chi connectivity index (χ1n) is 8.67. The number of nitrogens with zero attached hydrogens (tertiary/aromatic N) is 4. The quantitative estimate of drug-likeness (QED) is 0.588. The van der Waals surface area contributed by atoms with Crippen molar-refractivity contribution in [3.8, 4) is 22.8 Å². The van der Waals surface area contributed by atoms with Gasteiger partial charge < -0.3 is 14.4 Å². The molecule has 0 atom stereocenters. The molecule has 7 nitrogen and oxygen atoms in total. The first kappa shape index (κ1) is 18.1. The smallest absolute Gasteiger partial charge is 0.233 e. The summed E-state index contributed by atoms with van der Waals surface area (Å²) in [5.74, 6) is 2.01. The Kier molecular flexibility index (Phi) is 5.22. The molecule has 0 saturated carbocycles. The monoisotopic (exact) mass is 404 g/mol. The van der Waals surface area contributed by atoms with Crippen molar-refractivity contribution in [3.63, 3.8) is 0 Å². The molecule has 1 amide bonds. The second-order valence-electron chi connectivity index (χ2n) is 6.16. The van der Waals surface area contributed by atoms with Gasteiger partial charge in [0.2, 0.25) is 10.9 Å².